The minimum atomic E-state index is 0.217. The summed E-state index contributed by atoms with van der Waals surface area (Å²) in [5, 5.41) is 1.20. The Morgan fingerprint density at radius 2 is 2.00 bits per heavy atom. The molecule has 0 N–H and O–H groups in total. The third-order valence-electron chi connectivity index (χ3n) is 2.96. The molecular weight excluding hydrogens is 186 g/mol. The van der Waals surface area contributed by atoms with Gasteiger partial charge in [0.15, 0.2) is 0 Å². The molecular formula is C13H15NO. The van der Waals surface area contributed by atoms with Gasteiger partial charge in [0.05, 0.1) is 0 Å². The number of nitrogens with zero attached hydrogens (tertiary/aromatic N) is 1. The van der Waals surface area contributed by atoms with Crippen molar-refractivity contribution in [1.82, 2.24) is 4.57 Å². The molecule has 0 saturated carbocycles. The minimum absolute atomic E-state index is 0.217. The highest BCUT2D eigenvalue weighted by Crippen LogP contribution is 2.25. The summed E-state index contributed by atoms with van der Waals surface area (Å²) >= 11 is 0. The first-order valence-corrected chi connectivity index (χ1v) is 5.13. The van der Waals surface area contributed by atoms with Crippen LogP contribution in [0, 0.1) is 6.92 Å². The first kappa shape index (κ1) is 9.97. The average Bonchev–Trinajstić information content (AvgIpc) is 2.44. The Morgan fingerprint density at radius 3 is 2.67 bits per heavy atom. The summed E-state index contributed by atoms with van der Waals surface area (Å²) < 4.78 is 2.15. The van der Waals surface area contributed by atoms with Gasteiger partial charge < -0.3 is 4.57 Å². The van der Waals surface area contributed by atoms with E-state index in [2.05, 4.69) is 23.6 Å². The Morgan fingerprint density at radius 1 is 1.33 bits per heavy atom. The number of fused-ring (bicyclic) bond motifs is 1. The van der Waals surface area contributed by atoms with Crippen LogP contribution in [0.1, 0.15) is 18.2 Å². The van der Waals surface area contributed by atoms with Crippen molar-refractivity contribution in [2.45, 2.75) is 20.3 Å². The van der Waals surface area contributed by atoms with Gasteiger partial charge in [0.1, 0.15) is 5.78 Å². The van der Waals surface area contributed by atoms with Crippen molar-refractivity contribution in [3.8, 4) is 0 Å². The van der Waals surface area contributed by atoms with Gasteiger partial charge in [0.2, 0.25) is 0 Å². The molecule has 78 valence electrons. The van der Waals surface area contributed by atoms with E-state index < -0.39 is 0 Å². The van der Waals surface area contributed by atoms with Crippen LogP contribution in [0.2, 0.25) is 0 Å². The molecule has 2 rings (SSSR count). The summed E-state index contributed by atoms with van der Waals surface area (Å²) in [6.45, 7) is 3.71. The molecule has 15 heavy (non-hydrogen) atoms. The molecule has 0 radical (unpaired) electrons. The molecule has 2 heteroatoms. The fraction of sp³-hybridized carbons (Fsp3) is 0.308. The number of aryl methyl sites for hydroxylation is 1. The van der Waals surface area contributed by atoms with Crippen molar-refractivity contribution >= 4 is 16.7 Å². The van der Waals surface area contributed by atoms with Crippen LogP contribution in [0.4, 0.5) is 0 Å². The number of para-hydroxylation sites is 1. The van der Waals surface area contributed by atoms with Gasteiger partial charge in [-0.1, -0.05) is 18.2 Å². The van der Waals surface area contributed by atoms with Gasteiger partial charge in [-0.15, -0.1) is 0 Å². The van der Waals surface area contributed by atoms with Crippen molar-refractivity contribution in [3.63, 3.8) is 0 Å². The molecule has 0 amide bonds. The first-order valence-electron chi connectivity index (χ1n) is 5.13. The number of hydrogen-bond acceptors (Lipinski definition) is 1. The zero-order valence-corrected chi connectivity index (χ0v) is 9.37. The zero-order valence-electron chi connectivity index (χ0n) is 9.37. The normalized spacial score (nSPS) is 10.9. The smallest absolute Gasteiger partial charge is 0.134 e. The Kier molecular flexibility index (Phi) is 2.35. The lowest BCUT2D eigenvalue weighted by Crippen LogP contribution is -1.98. The van der Waals surface area contributed by atoms with E-state index in [4.69, 9.17) is 0 Å². The summed E-state index contributed by atoms with van der Waals surface area (Å²) in [5.41, 5.74) is 3.55. The number of hydrogen-bond donors (Lipinski definition) is 0. The fourth-order valence-corrected chi connectivity index (χ4v) is 2.07. The van der Waals surface area contributed by atoms with Crippen LogP contribution in [0.5, 0.6) is 0 Å². The van der Waals surface area contributed by atoms with Crippen LogP contribution < -0.4 is 0 Å². The molecule has 0 fully saturated rings. The molecule has 0 bridgehead atoms. The van der Waals surface area contributed by atoms with Crippen molar-refractivity contribution in [1.29, 1.82) is 0 Å². The Labute approximate surface area is 89.5 Å². The van der Waals surface area contributed by atoms with E-state index in [9.17, 15) is 4.79 Å². The van der Waals surface area contributed by atoms with Gasteiger partial charge >= 0.3 is 0 Å². The highest BCUT2D eigenvalue weighted by Gasteiger charge is 2.12. The predicted molar refractivity (Wildman–Crippen MR) is 62.0 cm³/mol. The second kappa shape index (κ2) is 3.54. The lowest BCUT2D eigenvalue weighted by molar-refractivity contribution is -0.116. The minimum Gasteiger partial charge on any atom is -0.348 e. The van der Waals surface area contributed by atoms with Crippen LogP contribution in [0.15, 0.2) is 24.3 Å². The molecule has 1 heterocycles. The standard InChI is InChI=1S/C13H15NO/c1-9(15)8-12-10(2)14(3)13-7-5-4-6-11(12)13/h4-7H,8H2,1-3H3. The number of Topliss-reactive ketones (excluding diaryl/α,β-unsaturated/α-hetero) is 1. The monoisotopic (exact) mass is 201 g/mol. The molecule has 1 aromatic heterocycles. The first-order chi connectivity index (χ1) is 7.11. The van der Waals surface area contributed by atoms with E-state index in [1.54, 1.807) is 6.92 Å². The highest BCUT2D eigenvalue weighted by molar-refractivity contribution is 5.90. The topological polar surface area (TPSA) is 22.0 Å². The quantitative estimate of drug-likeness (QED) is 0.732. The molecule has 2 nitrogen and oxygen atoms in total. The number of ketones is 1. The van der Waals surface area contributed by atoms with Crippen LogP contribution in [-0.2, 0) is 18.3 Å². The fourth-order valence-electron chi connectivity index (χ4n) is 2.07. The van der Waals surface area contributed by atoms with Gasteiger partial charge in [0, 0.05) is 30.1 Å². The lowest BCUT2D eigenvalue weighted by atomic mass is 10.1. The summed E-state index contributed by atoms with van der Waals surface area (Å²) in [5.74, 6) is 0.217. The molecule has 1 aromatic carbocycles. The number of carbonyl (C=O) groups excluding carboxylic acids is 1. The number of aromatic nitrogens is 1. The Balaban J connectivity index is 2.72. The second-order valence-electron chi connectivity index (χ2n) is 4.02. The van der Waals surface area contributed by atoms with Crippen LogP contribution in [-0.4, -0.2) is 10.4 Å². The van der Waals surface area contributed by atoms with Crippen molar-refractivity contribution < 1.29 is 4.79 Å². The number of carbonyl (C=O) groups is 1. The molecule has 0 aliphatic carbocycles. The van der Waals surface area contributed by atoms with E-state index in [0.29, 0.717) is 6.42 Å². The summed E-state index contributed by atoms with van der Waals surface area (Å²) in [7, 11) is 2.04. The van der Waals surface area contributed by atoms with Crippen LogP contribution in [0.25, 0.3) is 10.9 Å². The average molecular weight is 201 g/mol. The molecule has 0 spiro atoms. The second-order valence-corrected chi connectivity index (χ2v) is 4.02. The molecule has 0 aliphatic rings. The van der Waals surface area contributed by atoms with E-state index in [0.717, 1.165) is 0 Å². The lowest BCUT2D eigenvalue weighted by Gasteiger charge is -1.99. The molecule has 0 unspecified atom stereocenters. The Hall–Kier alpha value is -1.57. The van der Waals surface area contributed by atoms with Gasteiger partial charge in [-0.05, 0) is 25.5 Å². The van der Waals surface area contributed by atoms with E-state index >= 15 is 0 Å². The van der Waals surface area contributed by atoms with Crippen molar-refractivity contribution in [2.24, 2.45) is 7.05 Å². The number of benzene rings is 1. The SMILES string of the molecule is CC(=O)Cc1c(C)n(C)c2ccccc12. The van der Waals surface area contributed by atoms with Gasteiger partial charge in [-0.2, -0.15) is 0 Å². The largest absolute Gasteiger partial charge is 0.348 e. The summed E-state index contributed by atoms with van der Waals surface area (Å²) in [4.78, 5) is 11.2. The van der Waals surface area contributed by atoms with Gasteiger partial charge in [-0.25, -0.2) is 0 Å². The van der Waals surface area contributed by atoms with Crippen LogP contribution >= 0.6 is 0 Å². The molecule has 0 aliphatic heterocycles. The molecule has 0 saturated heterocycles. The molecule has 0 atom stereocenters. The summed E-state index contributed by atoms with van der Waals surface area (Å²) in [6, 6.07) is 8.22. The highest BCUT2D eigenvalue weighted by atomic mass is 16.1. The molecule has 2 aromatic rings. The van der Waals surface area contributed by atoms with Gasteiger partial charge in [-0.3, -0.25) is 4.79 Å². The maximum absolute atomic E-state index is 11.2. The Bertz CT molecular complexity index is 523. The predicted octanol–water partition coefficient (Wildman–Crippen LogP) is 2.62. The third-order valence-corrected chi connectivity index (χ3v) is 2.96. The maximum Gasteiger partial charge on any atom is 0.134 e. The summed E-state index contributed by atoms with van der Waals surface area (Å²) in [6.07, 6.45) is 0.535. The van der Waals surface area contributed by atoms with Crippen molar-refractivity contribution in [2.75, 3.05) is 0 Å². The van der Waals surface area contributed by atoms with Gasteiger partial charge in [0.25, 0.3) is 0 Å². The third kappa shape index (κ3) is 1.56. The van der Waals surface area contributed by atoms with E-state index in [-0.39, 0.29) is 5.78 Å². The maximum atomic E-state index is 11.2. The van der Waals surface area contributed by atoms with E-state index in [1.807, 2.05) is 19.2 Å². The number of rotatable bonds is 2. The zero-order chi connectivity index (χ0) is 11.0. The van der Waals surface area contributed by atoms with Crippen molar-refractivity contribution in [3.05, 3.63) is 35.5 Å². The van der Waals surface area contributed by atoms with E-state index in [1.165, 1.54) is 22.2 Å². The van der Waals surface area contributed by atoms with Crippen LogP contribution in [0.3, 0.4) is 0 Å².